The van der Waals surface area contributed by atoms with Gasteiger partial charge in [-0.15, -0.1) is 11.3 Å². The number of carbonyl (C=O) groups is 3. The van der Waals surface area contributed by atoms with E-state index in [2.05, 4.69) is 10.3 Å². The van der Waals surface area contributed by atoms with Gasteiger partial charge in [0.25, 0.3) is 5.24 Å². The number of carboxylic acid groups (broad SMARTS) is 1. The molecule has 2 heterocycles. The summed E-state index contributed by atoms with van der Waals surface area (Å²) in [5, 5.41) is 13.7. The topological polar surface area (TPSA) is 99.6 Å². The number of aromatic carboxylic acids is 1. The molecular weight excluding hydrogens is 314 g/mol. The molecule has 0 unspecified atom stereocenters. The van der Waals surface area contributed by atoms with Gasteiger partial charge in [0.2, 0.25) is 5.91 Å². The summed E-state index contributed by atoms with van der Waals surface area (Å²) in [6.07, 6.45) is 0.784. The zero-order valence-corrected chi connectivity index (χ0v) is 12.8. The predicted octanol–water partition coefficient (Wildman–Crippen LogP) is 1.06. The standard InChI is InChI=1S/C12H15N3O4S2/c16-9(2-4-15-5-6-20-12(15)19)13-3-1-10-14-8(7-21-10)11(17)18/h7H,1-6H2,(H,13,16)(H,17,18). The van der Waals surface area contributed by atoms with Gasteiger partial charge in [-0.2, -0.15) is 0 Å². The summed E-state index contributed by atoms with van der Waals surface area (Å²) < 4.78 is 0. The van der Waals surface area contributed by atoms with Crippen molar-refractivity contribution in [2.24, 2.45) is 0 Å². The van der Waals surface area contributed by atoms with Crippen molar-refractivity contribution in [1.82, 2.24) is 15.2 Å². The van der Waals surface area contributed by atoms with Gasteiger partial charge in [-0.3, -0.25) is 9.59 Å². The number of rotatable bonds is 7. The third-order valence-corrected chi connectivity index (χ3v) is 4.69. The van der Waals surface area contributed by atoms with Crippen LogP contribution in [0.2, 0.25) is 0 Å². The highest BCUT2D eigenvalue weighted by atomic mass is 32.2. The summed E-state index contributed by atoms with van der Waals surface area (Å²) in [4.78, 5) is 39.3. The fourth-order valence-electron chi connectivity index (χ4n) is 1.79. The summed E-state index contributed by atoms with van der Waals surface area (Å²) in [6.45, 7) is 1.56. The molecule has 1 aliphatic rings. The Morgan fingerprint density at radius 3 is 2.90 bits per heavy atom. The fraction of sp³-hybridized carbons (Fsp3) is 0.500. The van der Waals surface area contributed by atoms with E-state index in [4.69, 9.17) is 5.11 Å². The van der Waals surface area contributed by atoms with Crippen LogP contribution >= 0.6 is 23.1 Å². The van der Waals surface area contributed by atoms with E-state index >= 15 is 0 Å². The lowest BCUT2D eigenvalue weighted by Gasteiger charge is -2.13. The average molecular weight is 329 g/mol. The van der Waals surface area contributed by atoms with E-state index in [0.29, 0.717) is 31.1 Å². The van der Waals surface area contributed by atoms with Gasteiger partial charge in [-0.25, -0.2) is 9.78 Å². The van der Waals surface area contributed by atoms with Crippen molar-refractivity contribution in [3.63, 3.8) is 0 Å². The first-order valence-electron chi connectivity index (χ1n) is 6.42. The average Bonchev–Trinajstić information content (AvgIpc) is 3.06. The number of hydrogen-bond acceptors (Lipinski definition) is 6. The highest BCUT2D eigenvalue weighted by Gasteiger charge is 2.21. The van der Waals surface area contributed by atoms with Gasteiger partial charge in [0.05, 0.1) is 5.01 Å². The lowest BCUT2D eigenvalue weighted by Crippen LogP contribution is -2.31. The van der Waals surface area contributed by atoms with Crippen LogP contribution in [0.25, 0.3) is 0 Å². The number of carboxylic acids is 1. The van der Waals surface area contributed by atoms with Crippen molar-refractivity contribution in [3.8, 4) is 0 Å². The minimum atomic E-state index is -1.05. The van der Waals surface area contributed by atoms with Gasteiger partial charge in [0, 0.05) is 43.6 Å². The van der Waals surface area contributed by atoms with Crippen molar-refractivity contribution >= 4 is 40.2 Å². The van der Waals surface area contributed by atoms with Crippen molar-refractivity contribution in [3.05, 3.63) is 16.1 Å². The molecule has 0 saturated carbocycles. The van der Waals surface area contributed by atoms with E-state index in [1.54, 1.807) is 4.90 Å². The SMILES string of the molecule is O=C(CCN1CCSC1=O)NCCc1nc(C(=O)O)cs1. The van der Waals surface area contributed by atoms with Crippen LogP contribution in [0.1, 0.15) is 21.9 Å². The molecule has 0 radical (unpaired) electrons. The second-order valence-corrected chi connectivity index (χ2v) is 6.37. The Morgan fingerprint density at radius 2 is 2.29 bits per heavy atom. The number of thiazole rings is 1. The summed E-state index contributed by atoms with van der Waals surface area (Å²) in [7, 11) is 0. The Labute approximate surface area is 129 Å². The molecular formula is C12H15N3O4S2. The normalized spacial score (nSPS) is 14.5. The molecule has 1 aliphatic heterocycles. The second-order valence-electron chi connectivity index (χ2n) is 4.38. The van der Waals surface area contributed by atoms with Crippen LogP contribution in [0.5, 0.6) is 0 Å². The lowest BCUT2D eigenvalue weighted by molar-refractivity contribution is -0.121. The minimum absolute atomic E-state index is 0.0337. The van der Waals surface area contributed by atoms with Crippen molar-refractivity contribution in [1.29, 1.82) is 0 Å². The molecule has 2 N–H and O–H groups in total. The van der Waals surface area contributed by atoms with Crippen LogP contribution in [0.4, 0.5) is 4.79 Å². The zero-order valence-electron chi connectivity index (χ0n) is 11.2. The van der Waals surface area contributed by atoms with Gasteiger partial charge in [0.1, 0.15) is 0 Å². The molecule has 1 saturated heterocycles. The smallest absolute Gasteiger partial charge is 0.355 e. The first-order valence-corrected chi connectivity index (χ1v) is 8.29. The van der Waals surface area contributed by atoms with Crippen LogP contribution in [-0.4, -0.2) is 57.5 Å². The maximum Gasteiger partial charge on any atom is 0.355 e. The van der Waals surface area contributed by atoms with E-state index in [0.717, 1.165) is 5.75 Å². The monoisotopic (exact) mass is 329 g/mol. The molecule has 1 fully saturated rings. The molecule has 2 amide bonds. The van der Waals surface area contributed by atoms with Crippen molar-refractivity contribution in [2.45, 2.75) is 12.8 Å². The van der Waals surface area contributed by atoms with E-state index < -0.39 is 5.97 Å². The maximum absolute atomic E-state index is 11.6. The quantitative estimate of drug-likeness (QED) is 0.776. The number of carbonyl (C=O) groups excluding carboxylic acids is 2. The number of nitrogens with zero attached hydrogens (tertiary/aromatic N) is 2. The Morgan fingerprint density at radius 1 is 1.48 bits per heavy atom. The largest absolute Gasteiger partial charge is 0.476 e. The van der Waals surface area contributed by atoms with Crippen LogP contribution in [0.3, 0.4) is 0 Å². The summed E-state index contributed by atoms with van der Waals surface area (Å²) in [6, 6.07) is 0. The van der Waals surface area contributed by atoms with Crippen molar-refractivity contribution in [2.75, 3.05) is 25.4 Å². The molecule has 114 valence electrons. The highest BCUT2D eigenvalue weighted by molar-refractivity contribution is 8.13. The molecule has 0 bridgehead atoms. The number of thioether (sulfide) groups is 1. The highest BCUT2D eigenvalue weighted by Crippen LogP contribution is 2.17. The van der Waals surface area contributed by atoms with Gasteiger partial charge in [-0.05, 0) is 0 Å². The lowest BCUT2D eigenvalue weighted by atomic mass is 10.3. The molecule has 0 aliphatic carbocycles. The van der Waals surface area contributed by atoms with Crippen LogP contribution in [0, 0.1) is 0 Å². The fourth-order valence-corrected chi connectivity index (χ4v) is 3.41. The second kappa shape index (κ2) is 7.41. The van der Waals surface area contributed by atoms with Crippen molar-refractivity contribution < 1.29 is 19.5 Å². The summed E-state index contributed by atoms with van der Waals surface area (Å²) in [5.41, 5.74) is 0.0337. The molecule has 9 heteroatoms. The molecule has 2 rings (SSSR count). The zero-order chi connectivity index (χ0) is 15.2. The molecule has 0 spiro atoms. The van der Waals surface area contributed by atoms with Crippen LogP contribution in [0.15, 0.2) is 5.38 Å². The van der Waals surface area contributed by atoms with E-state index in [-0.39, 0.29) is 23.3 Å². The van der Waals surface area contributed by atoms with E-state index in [9.17, 15) is 14.4 Å². The third-order valence-electron chi connectivity index (χ3n) is 2.89. The first-order chi connectivity index (χ1) is 10.1. The van der Waals surface area contributed by atoms with Gasteiger partial charge in [-0.1, -0.05) is 11.8 Å². The van der Waals surface area contributed by atoms with Gasteiger partial charge in [0.15, 0.2) is 5.69 Å². The molecule has 7 nitrogen and oxygen atoms in total. The summed E-state index contributed by atoms with van der Waals surface area (Å²) in [5.74, 6) is -0.374. The molecule has 21 heavy (non-hydrogen) atoms. The Balaban J connectivity index is 1.64. The third kappa shape index (κ3) is 4.71. The number of amides is 2. The molecule has 1 aromatic rings. The molecule has 0 atom stereocenters. The Kier molecular flexibility index (Phi) is 5.57. The maximum atomic E-state index is 11.6. The Bertz CT molecular complexity index is 546. The predicted molar refractivity (Wildman–Crippen MR) is 79.8 cm³/mol. The van der Waals surface area contributed by atoms with E-state index in [1.165, 1.54) is 28.5 Å². The van der Waals surface area contributed by atoms with Crippen LogP contribution in [-0.2, 0) is 11.2 Å². The van der Waals surface area contributed by atoms with Gasteiger partial charge < -0.3 is 15.3 Å². The Hall–Kier alpha value is -1.61. The number of nitrogens with one attached hydrogen (secondary N) is 1. The number of hydrogen-bond donors (Lipinski definition) is 2. The number of aromatic nitrogens is 1. The molecule has 1 aromatic heterocycles. The molecule has 0 aromatic carbocycles. The minimum Gasteiger partial charge on any atom is -0.476 e. The summed E-state index contributed by atoms with van der Waals surface area (Å²) >= 11 is 2.54. The van der Waals surface area contributed by atoms with Gasteiger partial charge >= 0.3 is 5.97 Å². The first kappa shape index (κ1) is 15.8. The van der Waals surface area contributed by atoms with Crippen LogP contribution < -0.4 is 5.32 Å². The van der Waals surface area contributed by atoms with E-state index in [1.807, 2.05) is 0 Å².